The first kappa shape index (κ1) is 16.5. The molecule has 0 aromatic carbocycles. The Balaban J connectivity index is 1.61. The van der Waals surface area contributed by atoms with Gasteiger partial charge in [-0.3, -0.25) is 14.9 Å². The van der Waals surface area contributed by atoms with E-state index in [1.165, 1.54) is 0 Å². The predicted octanol–water partition coefficient (Wildman–Crippen LogP) is 2.40. The van der Waals surface area contributed by atoms with Crippen LogP contribution in [0.25, 0.3) is 11.5 Å². The van der Waals surface area contributed by atoms with E-state index in [4.69, 9.17) is 0 Å². The largest absolute Gasteiger partial charge is 0.342 e. The van der Waals surface area contributed by atoms with Crippen LogP contribution in [0, 0.1) is 5.92 Å². The smallest absolute Gasteiger partial charge is 0.225 e. The molecule has 0 spiro atoms. The van der Waals surface area contributed by atoms with E-state index in [0.717, 1.165) is 44.6 Å². The molecule has 24 heavy (non-hydrogen) atoms. The number of likely N-dealkylation sites (tertiary alicyclic amines) is 1. The number of hydrogen-bond acceptors (Lipinski definition) is 5. The van der Waals surface area contributed by atoms with Crippen LogP contribution in [0.4, 0.5) is 0 Å². The van der Waals surface area contributed by atoms with Gasteiger partial charge in [0, 0.05) is 37.3 Å². The molecule has 7 heteroatoms. The number of carbonyl (C=O) groups excluding carboxylic acids is 1. The highest BCUT2D eigenvalue weighted by molar-refractivity contribution is 5.78. The summed E-state index contributed by atoms with van der Waals surface area (Å²) < 4.78 is 0. The lowest BCUT2D eigenvalue weighted by Gasteiger charge is -2.33. The summed E-state index contributed by atoms with van der Waals surface area (Å²) in [5, 5.41) is 7.28. The van der Waals surface area contributed by atoms with Crippen molar-refractivity contribution in [1.29, 1.82) is 0 Å². The third-order valence-electron chi connectivity index (χ3n) is 4.82. The summed E-state index contributed by atoms with van der Waals surface area (Å²) in [6.07, 6.45) is 8.58. The molecule has 1 saturated heterocycles. The molecule has 7 nitrogen and oxygen atoms in total. The van der Waals surface area contributed by atoms with Gasteiger partial charge in [-0.25, -0.2) is 9.97 Å². The maximum Gasteiger partial charge on any atom is 0.225 e. The zero-order valence-corrected chi connectivity index (χ0v) is 14.3. The van der Waals surface area contributed by atoms with Crippen LogP contribution in [0.3, 0.4) is 0 Å². The number of hydrogen-bond donors (Lipinski definition) is 1. The molecule has 0 aliphatic carbocycles. The Morgan fingerprint density at radius 1 is 1.29 bits per heavy atom. The summed E-state index contributed by atoms with van der Waals surface area (Å²) in [7, 11) is 0. The summed E-state index contributed by atoms with van der Waals surface area (Å²) in [5.74, 6) is 2.24. The van der Waals surface area contributed by atoms with Crippen LogP contribution in [0.15, 0.2) is 18.6 Å². The molecule has 1 amide bonds. The maximum absolute atomic E-state index is 12.5. The minimum absolute atomic E-state index is 0.162. The van der Waals surface area contributed by atoms with Gasteiger partial charge in [0.1, 0.15) is 11.5 Å². The molecule has 3 rings (SSSR count). The first-order valence-electron chi connectivity index (χ1n) is 8.70. The van der Waals surface area contributed by atoms with Crippen molar-refractivity contribution in [2.75, 3.05) is 13.1 Å². The van der Waals surface area contributed by atoms with Crippen molar-refractivity contribution in [3.05, 3.63) is 24.4 Å². The molecular weight excluding hydrogens is 304 g/mol. The SMILES string of the molecule is CCC(CC)C(=O)N1CCC(c2nc(-c3cnccn3)n[nH]2)CC1. The highest BCUT2D eigenvalue weighted by Gasteiger charge is 2.28. The normalized spacial score (nSPS) is 15.9. The third kappa shape index (κ3) is 3.44. The number of carbonyl (C=O) groups is 1. The molecule has 1 aliphatic rings. The summed E-state index contributed by atoms with van der Waals surface area (Å²) in [5.41, 5.74) is 0.668. The summed E-state index contributed by atoms with van der Waals surface area (Å²) in [6, 6.07) is 0. The van der Waals surface area contributed by atoms with Gasteiger partial charge < -0.3 is 4.90 Å². The quantitative estimate of drug-likeness (QED) is 0.910. The van der Waals surface area contributed by atoms with Crippen molar-refractivity contribution in [3.8, 4) is 11.5 Å². The fraction of sp³-hybridized carbons (Fsp3) is 0.588. The van der Waals surface area contributed by atoms with E-state index >= 15 is 0 Å². The Morgan fingerprint density at radius 2 is 2.04 bits per heavy atom. The van der Waals surface area contributed by atoms with Crippen molar-refractivity contribution in [2.45, 2.75) is 45.4 Å². The molecule has 128 valence electrons. The lowest BCUT2D eigenvalue weighted by molar-refractivity contribution is -0.136. The van der Waals surface area contributed by atoms with E-state index in [1.54, 1.807) is 18.6 Å². The molecule has 0 unspecified atom stereocenters. The first-order chi connectivity index (χ1) is 11.7. The lowest BCUT2D eigenvalue weighted by Crippen LogP contribution is -2.41. The molecule has 0 atom stereocenters. The predicted molar refractivity (Wildman–Crippen MR) is 90.0 cm³/mol. The number of aromatic amines is 1. The van der Waals surface area contributed by atoms with E-state index in [-0.39, 0.29) is 5.92 Å². The minimum Gasteiger partial charge on any atom is -0.342 e. The van der Waals surface area contributed by atoms with Gasteiger partial charge >= 0.3 is 0 Å². The van der Waals surface area contributed by atoms with Crippen molar-refractivity contribution >= 4 is 5.91 Å². The number of H-pyrrole nitrogens is 1. The summed E-state index contributed by atoms with van der Waals surface area (Å²) >= 11 is 0. The topological polar surface area (TPSA) is 87.7 Å². The number of nitrogens with zero attached hydrogens (tertiary/aromatic N) is 5. The van der Waals surface area contributed by atoms with E-state index in [1.807, 2.05) is 4.90 Å². The fourth-order valence-corrected chi connectivity index (χ4v) is 3.26. The standard InChI is InChI=1S/C17H24N6O/c1-3-12(4-2)17(24)23-9-5-13(6-10-23)15-20-16(22-21-15)14-11-18-7-8-19-14/h7-8,11-13H,3-6,9-10H2,1-2H3,(H,20,21,22). The lowest BCUT2D eigenvalue weighted by atomic mass is 9.94. The van der Waals surface area contributed by atoms with Gasteiger partial charge in [-0.05, 0) is 25.7 Å². The number of rotatable bonds is 5. The summed E-state index contributed by atoms with van der Waals surface area (Å²) in [4.78, 5) is 27.3. The molecule has 1 N–H and O–H groups in total. The average Bonchev–Trinajstić information content (AvgIpc) is 3.14. The van der Waals surface area contributed by atoms with Gasteiger partial charge in [0.2, 0.25) is 11.7 Å². The van der Waals surface area contributed by atoms with Gasteiger partial charge in [0.25, 0.3) is 0 Å². The monoisotopic (exact) mass is 328 g/mol. The maximum atomic E-state index is 12.5. The second kappa shape index (κ2) is 7.51. The number of piperidine rings is 1. The van der Waals surface area contributed by atoms with Crippen molar-refractivity contribution in [2.24, 2.45) is 5.92 Å². The van der Waals surface area contributed by atoms with Gasteiger partial charge in [-0.1, -0.05) is 13.8 Å². The fourth-order valence-electron chi connectivity index (χ4n) is 3.26. The van der Waals surface area contributed by atoms with Crippen LogP contribution in [0.5, 0.6) is 0 Å². The Hall–Kier alpha value is -2.31. The van der Waals surface area contributed by atoms with E-state index in [0.29, 0.717) is 23.3 Å². The van der Waals surface area contributed by atoms with Crippen molar-refractivity contribution < 1.29 is 4.79 Å². The molecular formula is C17H24N6O. The molecule has 3 heterocycles. The van der Waals surface area contributed by atoms with Gasteiger partial charge in [-0.2, -0.15) is 5.10 Å². The molecule has 1 fully saturated rings. The molecule has 1 aliphatic heterocycles. The van der Waals surface area contributed by atoms with Crippen molar-refractivity contribution in [3.63, 3.8) is 0 Å². The Labute approximate surface area is 141 Å². The highest BCUT2D eigenvalue weighted by atomic mass is 16.2. The van der Waals surface area contributed by atoms with Crippen molar-refractivity contribution in [1.82, 2.24) is 30.0 Å². The second-order valence-electron chi connectivity index (χ2n) is 6.25. The Morgan fingerprint density at radius 3 is 2.67 bits per heavy atom. The van der Waals surface area contributed by atoms with Crippen LogP contribution >= 0.6 is 0 Å². The third-order valence-corrected chi connectivity index (χ3v) is 4.82. The van der Waals surface area contributed by atoms with E-state index < -0.39 is 0 Å². The van der Waals surface area contributed by atoms with Crippen LogP contribution in [-0.4, -0.2) is 49.0 Å². The molecule has 0 radical (unpaired) electrons. The van der Waals surface area contributed by atoms with Crippen LogP contribution in [0.1, 0.15) is 51.3 Å². The first-order valence-corrected chi connectivity index (χ1v) is 8.70. The van der Waals surface area contributed by atoms with Gasteiger partial charge in [-0.15, -0.1) is 0 Å². The zero-order chi connectivity index (χ0) is 16.9. The van der Waals surface area contributed by atoms with Crippen LogP contribution in [0.2, 0.25) is 0 Å². The van der Waals surface area contributed by atoms with Gasteiger partial charge in [0.05, 0.1) is 6.20 Å². The zero-order valence-electron chi connectivity index (χ0n) is 14.3. The molecule has 0 saturated carbocycles. The van der Waals surface area contributed by atoms with Gasteiger partial charge in [0.15, 0.2) is 0 Å². The number of amides is 1. The summed E-state index contributed by atoms with van der Waals surface area (Å²) in [6.45, 7) is 5.75. The number of aromatic nitrogens is 5. The molecule has 2 aromatic heterocycles. The van der Waals surface area contributed by atoms with E-state index in [9.17, 15) is 4.79 Å². The highest BCUT2D eigenvalue weighted by Crippen LogP contribution is 2.27. The second-order valence-corrected chi connectivity index (χ2v) is 6.25. The minimum atomic E-state index is 0.162. The average molecular weight is 328 g/mol. The van der Waals surface area contributed by atoms with E-state index in [2.05, 4.69) is 39.0 Å². The Bertz CT molecular complexity index is 659. The molecule has 0 bridgehead atoms. The number of nitrogens with one attached hydrogen (secondary N) is 1. The molecule has 2 aromatic rings. The Kier molecular flexibility index (Phi) is 5.17. The van der Waals surface area contributed by atoms with Crippen LogP contribution < -0.4 is 0 Å². The van der Waals surface area contributed by atoms with Crippen LogP contribution in [-0.2, 0) is 4.79 Å².